The summed E-state index contributed by atoms with van der Waals surface area (Å²) in [6, 6.07) is 9.66. The van der Waals surface area contributed by atoms with E-state index in [1.165, 1.54) is 4.88 Å². The van der Waals surface area contributed by atoms with E-state index < -0.39 is 0 Å². The number of rotatable bonds is 4. The fourth-order valence-corrected chi connectivity index (χ4v) is 3.65. The summed E-state index contributed by atoms with van der Waals surface area (Å²) in [6.45, 7) is 4.18. The molecule has 1 fully saturated rings. The molecular weight excluding hydrogens is 336 g/mol. The first-order valence-electron chi connectivity index (χ1n) is 8.16. The van der Waals surface area contributed by atoms with Crippen LogP contribution in [0.15, 0.2) is 48.4 Å². The maximum absolute atomic E-state index is 12.8. The summed E-state index contributed by atoms with van der Waals surface area (Å²) >= 11 is 1.78. The number of carbonyl (C=O) groups excluding carboxylic acids is 1. The first-order chi connectivity index (χ1) is 12.3. The van der Waals surface area contributed by atoms with Crippen LogP contribution in [0.4, 0.5) is 0 Å². The molecule has 0 bridgehead atoms. The topological polar surface area (TPSA) is 67.2 Å². The summed E-state index contributed by atoms with van der Waals surface area (Å²) in [6.07, 6.45) is 3.14. The molecule has 0 N–H and O–H groups in total. The van der Waals surface area contributed by atoms with Gasteiger partial charge < -0.3 is 4.90 Å². The lowest BCUT2D eigenvalue weighted by Crippen LogP contribution is -2.48. The van der Waals surface area contributed by atoms with Gasteiger partial charge in [-0.2, -0.15) is 0 Å². The number of piperazine rings is 1. The average molecular weight is 354 g/mol. The molecule has 3 aromatic rings. The van der Waals surface area contributed by atoms with Gasteiger partial charge in [0.1, 0.15) is 24.2 Å². The van der Waals surface area contributed by atoms with Crippen LogP contribution in [0.3, 0.4) is 0 Å². The first-order valence-corrected chi connectivity index (χ1v) is 9.03. The van der Waals surface area contributed by atoms with Gasteiger partial charge in [-0.25, -0.2) is 4.98 Å². The van der Waals surface area contributed by atoms with Crippen LogP contribution >= 0.6 is 11.3 Å². The van der Waals surface area contributed by atoms with Crippen molar-refractivity contribution in [2.24, 2.45) is 0 Å². The smallest absolute Gasteiger partial charge is 0.272 e. The van der Waals surface area contributed by atoms with Gasteiger partial charge in [0.25, 0.3) is 5.91 Å². The zero-order valence-electron chi connectivity index (χ0n) is 13.7. The van der Waals surface area contributed by atoms with Crippen molar-refractivity contribution in [3.63, 3.8) is 0 Å². The molecule has 4 heterocycles. The molecule has 1 aliphatic heterocycles. The summed E-state index contributed by atoms with van der Waals surface area (Å²) < 4.78 is 1.69. The highest BCUT2D eigenvalue weighted by Gasteiger charge is 2.23. The standard InChI is InChI=1S/C17H18N6OS/c24-17(15-4-1-5-16(20-15)23-12-18-19-13-23)22-8-6-21(7-9-22)11-14-3-2-10-25-14/h1-5,10,12-13H,6-9,11H2. The second-order valence-corrected chi connectivity index (χ2v) is 6.93. The molecule has 1 saturated heterocycles. The van der Waals surface area contributed by atoms with Gasteiger partial charge in [-0.3, -0.25) is 14.3 Å². The summed E-state index contributed by atoms with van der Waals surface area (Å²) in [7, 11) is 0. The third-order valence-electron chi connectivity index (χ3n) is 4.26. The molecule has 0 atom stereocenters. The van der Waals surface area contributed by atoms with Crippen LogP contribution < -0.4 is 0 Å². The van der Waals surface area contributed by atoms with Crippen LogP contribution in [-0.2, 0) is 6.54 Å². The zero-order chi connectivity index (χ0) is 17.1. The minimum absolute atomic E-state index is 0.0225. The highest BCUT2D eigenvalue weighted by atomic mass is 32.1. The van der Waals surface area contributed by atoms with Crippen molar-refractivity contribution in [2.45, 2.75) is 6.54 Å². The van der Waals surface area contributed by atoms with Crippen LogP contribution in [0.5, 0.6) is 0 Å². The molecule has 1 amide bonds. The lowest BCUT2D eigenvalue weighted by Gasteiger charge is -2.34. The minimum atomic E-state index is -0.0225. The average Bonchev–Trinajstić information content (AvgIpc) is 3.36. The van der Waals surface area contributed by atoms with Crippen molar-refractivity contribution in [1.29, 1.82) is 0 Å². The monoisotopic (exact) mass is 354 g/mol. The Labute approximate surface area is 149 Å². The van der Waals surface area contributed by atoms with E-state index >= 15 is 0 Å². The predicted molar refractivity (Wildman–Crippen MR) is 94.7 cm³/mol. The van der Waals surface area contributed by atoms with Gasteiger partial charge in [-0.15, -0.1) is 21.5 Å². The minimum Gasteiger partial charge on any atom is -0.335 e. The van der Waals surface area contributed by atoms with Gasteiger partial charge in [0.15, 0.2) is 0 Å². The Morgan fingerprint density at radius 2 is 1.84 bits per heavy atom. The number of aromatic nitrogens is 4. The Hall–Kier alpha value is -2.58. The molecule has 0 aliphatic carbocycles. The Morgan fingerprint density at radius 3 is 2.56 bits per heavy atom. The SMILES string of the molecule is O=C(c1cccc(-n2cnnc2)n1)N1CCN(Cc2cccs2)CC1. The molecule has 3 aromatic heterocycles. The fraction of sp³-hybridized carbons (Fsp3) is 0.294. The number of amides is 1. The second kappa shape index (κ2) is 7.12. The van der Waals surface area contributed by atoms with E-state index in [9.17, 15) is 4.79 Å². The molecule has 7 nitrogen and oxygen atoms in total. The van der Waals surface area contributed by atoms with E-state index in [0.29, 0.717) is 11.5 Å². The molecule has 128 valence electrons. The maximum Gasteiger partial charge on any atom is 0.272 e. The number of hydrogen-bond acceptors (Lipinski definition) is 6. The van der Waals surface area contributed by atoms with Crippen molar-refractivity contribution in [2.75, 3.05) is 26.2 Å². The molecule has 0 spiro atoms. The maximum atomic E-state index is 12.8. The first kappa shape index (κ1) is 15.9. The number of nitrogens with zero attached hydrogens (tertiary/aromatic N) is 6. The zero-order valence-corrected chi connectivity index (χ0v) is 14.5. The van der Waals surface area contributed by atoms with E-state index in [1.807, 2.05) is 17.0 Å². The van der Waals surface area contributed by atoms with Gasteiger partial charge in [0, 0.05) is 37.6 Å². The Bertz CT molecular complexity index is 825. The Kier molecular flexibility index (Phi) is 4.53. The second-order valence-electron chi connectivity index (χ2n) is 5.90. The molecule has 0 unspecified atom stereocenters. The summed E-state index contributed by atoms with van der Waals surface area (Å²) in [4.78, 5) is 22.8. The van der Waals surface area contributed by atoms with Crippen molar-refractivity contribution in [1.82, 2.24) is 29.5 Å². The molecule has 0 radical (unpaired) electrons. The van der Waals surface area contributed by atoms with Crippen LogP contribution in [0.25, 0.3) is 5.82 Å². The molecule has 0 aromatic carbocycles. The number of pyridine rings is 1. The highest BCUT2D eigenvalue weighted by molar-refractivity contribution is 7.09. The van der Waals surface area contributed by atoms with Crippen LogP contribution in [0.1, 0.15) is 15.4 Å². The number of carbonyl (C=O) groups is 1. The van der Waals surface area contributed by atoms with E-state index in [1.54, 1.807) is 34.6 Å². The largest absolute Gasteiger partial charge is 0.335 e. The molecule has 8 heteroatoms. The van der Waals surface area contributed by atoms with Gasteiger partial charge in [-0.1, -0.05) is 12.1 Å². The van der Waals surface area contributed by atoms with Crippen molar-refractivity contribution in [3.05, 3.63) is 58.9 Å². The van der Waals surface area contributed by atoms with Crippen LogP contribution in [-0.4, -0.2) is 61.6 Å². The summed E-state index contributed by atoms with van der Waals surface area (Å²) in [5.41, 5.74) is 0.456. The number of hydrogen-bond donors (Lipinski definition) is 0. The molecule has 25 heavy (non-hydrogen) atoms. The van der Waals surface area contributed by atoms with Gasteiger partial charge in [-0.05, 0) is 23.6 Å². The molecule has 1 aliphatic rings. The summed E-state index contributed by atoms with van der Waals surface area (Å²) in [5.74, 6) is 0.623. The van der Waals surface area contributed by atoms with E-state index in [2.05, 4.69) is 37.6 Å². The summed E-state index contributed by atoms with van der Waals surface area (Å²) in [5, 5.41) is 9.65. The predicted octanol–water partition coefficient (Wildman–Crippen LogP) is 1.68. The van der Waals surface area contributed by atoms with E-state index in [-0.39, 0.29) is 5.91 Å². The van der Waals surface area contributed by atoms with E-state index in [4.69, 9.17) is 0 Å². The van der Waals surface area contributed by atoms with Gasteiger partial charge in [0.05, 0.1) is 0 Å². The quantitative estimate of drug-likeness (QED) is 0.713. The van der Waals surface area contributed by atoms with Crippen molar-refractivity contribution >= 4 is 17.2 Å². The lowest BCUT2D eigenvalue weighted by molar-refractivity contribution is 0.0624. The fourth-order valence-electron chi connectivity index (χ4n) is 2.90. The normalized spacial score (nSPS) is 15.4. The lowest BCUT2D eigenvalue weighted by atomic mass is 10.2. The van der Waals surface area contributed by atoms with Crippen molar-refractivity contribution < 1.29 is 4.79 Å². The Balaban J connectivity index is 1.40. The number of thiophene rings is 1. The van der Waals surface area contributed by atoms with Gasteiger partial charge in [0.2, 0.25) is 0 Å². The van der Waals surface area contributed by atoms with Crippen LogP contribution in [0.2, 0.25) is 0 Å². The van der Waals surface area contributed by atoms with E-state index in [0.717, 1.165) is 32.7 Å². The van der Waals surface area contributed by atoms with Crippen LogP contribution in [0, 0.1) is 0 Å². The third kappa shape index (κ3) is 3.59. The molecule has 4 rings (SSSR count). The van der Waals surface area contributed by atoms with Gasteiger partial charge >= 0.3 is 0 Å². The third-order valence-corrected chi connectivity index (χ3v) is 5.12. The molecular formula is C17H18N6OS. The van der Waals surface area contributed by atoms with Crippen molar-refractivity contribution in [3.8, 4) is 5.82 Å². The molecule has 0 saturated carbocycles. The highest BCUT2D eigenvalue weighted by Crippen LogP contribution is 2.15. The Morgan fingerprint density at radius 1 is 1.04 bits per heavy atom.